The topological polar surface area (TPSA) is 143 Å². The Morgan fingerprint density at radius 3 is 0.667 bits per heavy atom. The van der Waals surface area contributed by atoms with Crippen molar-refractivity contribution >= 4 is 0 Å². The van der Waals surface area contributed by atoms with Crippen molar-refractivity contribution in [2.45, 2.75) is 0 Å². The van der Waals surface area contributed by atoms with Crippen LogP contribution < -0.4 is 51.4 Å². The Bertz CT molecular complexity index is 397. The molecule has 0 amide bonds. The molecule has 0 unspecified atom stereocenters. The standard InChI is InChI=1S/6CN.Cu.Fe.K/c6*1-2;;;/q;;;;;;+2;-4;+1. The summed E-state index contributed by atoms with van der Waals surface area (Å²) < 4.78 is 0. The molecule has 1 radical (unpaired) electrons. The molecule has 0 spiro atoms. The monoisotopic (exact) mass is 314 g/mol. The molecule has 0 aliphatic carbocycles. The van der Waals surface area contributed by atoms with Crippen molar-refractivity contribution in [2.24, 2.45) is 0 Å². The van der Waals surface area contributed by atoms with Gasteiger partial charge in [0.25, 0.3) is 0 Å². The van der Waals surface area contributed by atoms with Gasteiger partial charge in [-0.05, 0) is 0 Å². The van der Waals surface area contributed by atoms with Crippen LogP contribution in [0.15, 0.2) is 0 Å². The van der Waals surface area contributed by atoms with E-state index in [1.165, 1.54) is 0 Å². The molecule has 0 aliphatic rings. The van der Waals surface area contributed by atoms with Gasteiger partial charge in [0.15, 0.2) is 0 Å². The average Bonchev–Trinajstić information content (AvgIpc) is 2.26. The summed E-state index contributed by atoms with van der Waals surface area (Å²) in [5, 5.41) is 51.5. The molecule has 0 bridgehead atoms. The Kier molecular flexibility index (Phi) is 6.83. The molecule has 0 aromatic carbocycles. The molecule has 0 aliphatic heterocycles. The first-order valence-corrected chi connectivity index (χ1v) is 5.71. The summed E-state index contributed by atoms with van der Waals surface area (Å²) in [5.41, 5.74) is 0. The van der Waals surface area contributed by atoms with Crippen LogP contribution in [0.25, 0.3) is 0 Å². The maximum atomic E-state index is 8.58. The predicted molar refractivity (Wildman–Crippen MR) is 33.7 cm³/mol. The van der Waals surface area contributed by atoms with Crippen molar-refractivity contribution in [1.82, 2.24) is 0 Å². The smallest absolute Gasteiger partial charge is 1.00 e. The van der Waals surface area contributed by atoms with Crippen molar-refractivity contribution in [2.75, 3.05) is 0 Å². The van der Waals surface area contributed by atoms with Gasteiger partial charge in [-0.3, -0.25) is 0 Å². The molecule has 0 saturated carbocycles. The Labute approximate surface area is 138 Å². The molecule has 0 aromatic heterocycles. The van der Waals surface area contributed by atoms with Crippen molar-refractivity contribution in [3.8, 4) is 29.8 Å². The van der Waals surface area contributed by atoms with E-state index in [0.717, 1.165) is 29.8 Å². The Morgan fingerprint density at radius 2 is 0.667 bits per heavy atom. The maximum absolute atomic E-state index is 8.58. The molecule has 15 heavy (non-hydrogen) atoms. The third kappa shape index (κ3) is 2.09. The second-order valence-corrected chi connectivity index (χ2v) is 7.42. The normalized spacial score (nSPS) is 11.6. The minimum atomic E-state index is -6.17. The van der Waals surface area contributed by atoms with E-state index in [-0.39, 0.29) is 68.5 Å². The van der Waals surface area contributed by atoms with Crippen molar-refractivity contribution < 1.29 is 79.2 Å². The zero-order chi connectivity index (χ0) is 10.7. The van der Waals surface area contributed by atoms with Crippen molar-refractivity contribution in [1.29, 1.82) is 31.6 Å². The molecule has 0 fully saturated rings. The molecule has 0 rings (SSSR count). The summed E-state index contributed by atoms with van der Waals surface area (Å²) in [6.45, 7) is 0. The molecule has 0 atom stereocenters. The summed E-state index contributed by atoms with van der Waals surface area (Å²) in [6.07, 6.45) is 0. The SMILES string of the molecule is N#[C][Fe-4]([C]#N)([C]#N)([C]#N)([C]#N)[C]#N.[Cu+2].[K+]. The summed E-state index contributed by atoms with van der Waals surface area (Å²) in [7, 11) is -6.17. The van der Waals surface area contributed by atoms with Crippen LogP contribution in [0.4, 0.5) is 0 Å². The average molecular weight is 315 g/mol. The number of hydrogen-bond donors (Lipinski definition) is 0. The first-order chi connectivity index (χ1) is 5.97. The third-order valence-electron chi connectivity index (χ3n) is 1.19. The van der Waals surface area contributed by atoms with Crippen LogP contribution in [-0.2, 0) is 27.8 Å². The molecule has 0 N–H and O–H groups in total. The zero-order valence-electron chi connectivity index (χ0n) is 7.34. The quantitative estimate of drug-likeness (QED) is 0.439. The fraction of sp³-hybridized carbons (Fsp3) is 0. The third-order valence-corrected chi connectivity index (χ3v) is 4.89. The van der Waals surface area contributed by atoms with Crippen LogP contribution in [0.2, 0.25) is 0 Å². The molecule has 0 aromatic rings. The minimum absolute atomic E-state index is 0. The molecule has 0 saturated heterocycles. The van der Waals surface area contributed by atoms with Crippen LogP contribution in [0, 0.1) is 61.4 Å². The van der Waals surface area contributed by atoms with Crippen molar-refractivity contribution in [3.05, 3.63) is 0 Å². The van der Waals surface area contributed by atoms with E-state index in [0.29, 0.717) is 0 Å². The van der Waals surface area contributed by atoms with Crippen LogP contribution in [-0.4, -0.2) is 0 Å². The van der Waals surface area contributed by atoms with Gasteiger partial charge in [0, 0.05) is 0 Å². The Balaban J connectivity index is -0.000000720. The van der Waals surface area contributed by atoms with Crippen LogP contribution >= 0.6 is 0 Å². The van der Waals surface area contributed by atoms with Gasteiger partial charge in [0.05, 0.1) is 0 Å². The van der Waals surface area contributed by atoms with Gasteiger partial charge in [-0.15, -0.1) is 0 Å². The second-order valence-electron chi connectivity index (χ2n) is 1.80. The van der Waals surface area contributed by atoms with Crippen LogP contribution in [0.1, 0.15) is 0 Å². The number of nitrogens with zero attached hydrogens (tertiary/aromatic N) is 6. The largest absolute Gasteiger partial charge is 2.00 e. The van der Waals surface area contributed by atoms with E-state index in [2.05, 4.69) is 0 Å². The van der Waals surface area contributed by atoms with E-state index >= 15 is 0 Å². The molecule has 75 valence electrons. The van der Waals surface area contributed by atoms with Gasteiger partial charge in [0.2, 0.25) is 0 Å². The van der Waals surface area contributed by atoms with E-state index in [9.17, 15) is 0 Å². The molecular formula is C6CuFeKN6-. The number of nitriles is 6. The predicted octanol–water partition coefficient (Wildman–Crippen LogP) is -2.90. The fourth-order valence-corrected chi connectivity index (χ4v) is 1.09. The first kappa shape index (κ1) is 20.1. The van der Waals surface area contributed by atoms with E-state index in [1.54, 1.807) is 0 Å². The van der Waals surface area contributed by atoms with E-state index < -0.39 is 10.7 Å². The molecule has 0 heterocycles. The van der Waals surface area contributed by atoms with Crippen LogP contribution in [0.5, 0.6) is 0 Å². The number of hydrogen-bond acceptors (Lipinski definition) is 6. The minimum Gasteiger partial charge on any atom is 1.00 e. The van der Waals surface area contributed by atoms with Gasteiger partial charge in [-0.25, -0.2) is 0 Å². The van der Waals surface area contributed by atoms with Crippen molar-refractivity contribution in [3.63, 3.8) is 0 Å². The molecule has 9 heteroatoms. The maximum Gasteiger partial charge on any atom is 2.00 e. The van der Waals surface area contributed by atoms with Gasteiger partial charge in [-0.2, -0.15) is 0 Å². The fourth-order valence-electron chi connectivity index (χ4n) is 0.265. The number of rotatable bonds is 0. The van der Waals surface area contributed by atoms with E-state index in [4.69, 9.17) is 31.6 Å². The van der Waals surface area contributed by atoms with E-state index in [1.807, 2.05) is 0 Å². The summed E-state index contributed by atoms with van der Waals surface area (Å²) in [4.78, 5) is 6.19. The molecule has 6 nitrogen and oxygen atoms in total. The summed E-state index contributed by atoms with van der Waals surface area (Å²) >= 11 is 0. The first-order valence-electron chi connectivity index (χ1n) is 2.40. The summed E-state index contributed by atoms with van der Waals surface area (Å²) in [5.74, 6) is 0. The van der Waals surface area contributed by atoms with Crippen LogP contribution in [0.3, 0.4) is 0 Å². The molecular weight excluding hydrogens is 315 g/mol. The second kappa shape index (κ2) is 5.10. The van der Waals surface area contributed by atoms with Gasteiger partial charge in [-0.1, -0.05) is 0 Å². The van der Waals surface area contributed by atoms with Gasteiger partial charge in [0.1, 0.15) is 0 Å². The van der Waals surface area contributed by atoms with Gasteiger partial charge < -0.3 is 0 Å². The Hall–Kier alpha value is -0.385. The zero-order valence-corrected chi connectivity index (χ0v) is 12.5. The summed E-state index contributed by atoms with van der Waals surface area (Å²) in [6, 6.07) is 0. The van der Waals surface area contributed by atoms with Gasteiger partial charge >= 0.3 is 141 Å². The Morgan fingerprint density at radius 1 is 0.533 bits per heavy atom.